The zero-order valence-corrected chi connectivity index (χ0v) is 16.0. The Bertz CT molecular complexity index is 579. The Morgan fingerprint density at radius 3 is 2.23 bits per heavy atom. The van der Waals surface area contributed by atoms with Crippen LogP contribution in [0.5, 0.6) is 0 Å². The summed E-state index contributed by atoms with van der Waals surface area (Å²) in [6.45, 7) is 6.18. The van der Waals surface area contributed by atoms with Gasteiger partial charge in [0.2, 0.25) is 0 Å². The second-order valence-corrected chi connectivity index (χ2v) is 7.17. The third-order valence-electron chi connectivity index (χ3n) is 4.94. The minimum Gasteiger partial charge on any atom is -0.380 e. The molecule has 0 aliphatic carbocycles. The Kier molecular flexibility index (Phi) is 7.60. The number of para-hydroxylation sites is 1. The fourth-order valence-electron chi connectivity index (χ4n) is 3.58. The van der Waals surface area contributed by atoms with Gasteiger partial charge >= 0.3 is 5.91 Å². The molecule has 0 spiro atoms. The van der Waals surface area contributed by atoms with Gasteiger partial charge in [0.1, 0.15) is 5.60 Å². The molecule has 0 atom stereocenters. The third kappa shape index (κ3) is 5.29. The van der Waals surface area contributed by atoms with Crippen LogP contribution >= 0.6 is 0 Å². The van der Waals surface area contributed by atoms with Crippen molar-refractivity contribution in [2.75, 3.05) is 24.6 Å². The van der Waals surface area contributed by atoms with E-state index in [1.807, 2.05) is 32.0 Å². The van der Waals surface area contributed by atoms with Crippen molar-refractivity contribution in [3.05, 3.63) is 30.3 Å². The van der Waals surface area contributed by atoms with Crippen molar-refractivity contribution in [2.45, 2.75) is 58.0 Å². The number of carbonyl (C=O) groups excluding carboxylic acids is 2. The van der Waals surface area contributed by atoms with Gasteiger partial charge in [0, 0.05) is 12.8 Å². The molecule has 1 saturated heterocycles. The summed E-state index contributed by atoms with van der Waals surface area (Å²) >= 11 is 0. The minimum atomic E-state index is -1.45. The molecule has 2 rings (SSSR count). The molecule has 6 nitrogen and oxygen atoms in total. The highest BCUT2D eigenvalue weighted by Gasteiger charge is 2.36. The number of quaternary nitrogens is 1. The lowest BCUT2D eigenvalue weighted by Gasteiger charge is -2.31. The van der Waals surface area contributed by atoms with E-state index in [2.05, 4.69) is 5.43 Å². The van der Waals surface area contributed by atoms with Gasteiger partial charge in [0.05, 0.1) is 18.8 Å². The molecule has 1 heterocycles. The number of carbonyl (C=O) groups is 2. The van der Waals surface area contributed by atoms with Gasteiger partial charge < -0.3 is 10.0 Å². The molecule has 1 aliphatic rings. The summed E-state index contributed by atoms with van der Waals surface area (Å²) in [4.78, 5) is 26.9. The Labute approximate surface area is 156 Å². The smallest absolute Gasteiger partial charge is 0.300 e. The van der Waals surface area contributed by atoms with Crippen LogP contribution in [0.1, 0.15) is 52.4 Å². The number of amides is 2. The van der Waals surface area contributed by atoms with Crippen molar-refractivity contribution < 1.29 is 19.6 Å². The second kappa shape index (κ2) is 9.69. The largest absolute Gasteiger partial charge is 0.380 e. The molecule has 144 valence electrons. The van der Waals surface area contributed by atoms with E-state index in [0.29, 0.717) is 37.9 Å². The van der Waals surface area contributed by atoms with Crippen LogP contribution in [0.4, 0.5) is 5.69 Å². The van der Waals surface area contributed by atoms with Crippen molar-refractivity contribution in [1.82, 2.24) is 5.43 Å². The number of rotatable bonds is 8. The summed E-state index contributed by atoms with van der Waals surface area (Å²) in [7, 11) is 0. The Morgan fingerprint density at radius 2 is 1.69 bits per heavy atom. The summed E-state index contributed by atoms with van der Waals surface area (Å²) in [5, 5.41) is 12.1. The number of nitrogens with one attached hydrogen (secondary N) is 2. The molecule has 1 aliphatic heterocycles. The van der Waals surface area contributed by atoms with Crippen molar-refractivity contribution in [2.24, 2.45) is 0 Å². The Hall–Kier alpha value is -1.92. The molecule has 0 saturated carbocycles. The van der Waals surface area contributed by atoms with Crippen molar-refractivity contribution in [3.8, 4) is 0 Å². The van der Waals surface area contributed by atoms with Gasteiger partial charge in [-0.2, -0.15) is 0 Å². The zero-order chi connectivity index (χ0) is 19.0. The number of nitrogens with zero attached hydrogens (tertiary/aromatic N) is 1. The van der Waals surface area contributed by atoms with E-state index in [-0.39, 0.29) is 5.91 Å². The fourth-order valence-corrected chi connectivity index (χ4v) is 3.58. The average Bonchev–Trinajstić information content (AvgIpc) is 3.13. The van der Waals surface area contributed by atoms with Crippen LogP contribution in [0.15, 0.2) is 30.3 Å². The molecule has 2 amide bonds. The molecule has 1 aromatic rings. The summed E-state index contributed by atoms with van der Waals surface area (Å²) in [6.07, 6.45) is 4.41. The van der Waals surface area contributed by atoms with E-state index < -0.39 is 11.5 Å². The van der Waals surface area contributed by atoms with Crippen molar-refractivity contribution in [3.63, 3.8) is 0 Å². The number of likely N-dealkylation sites (tertiary alicyclic amines) is 1. The summed E-state index contributed by atoms with van der Waals surface area (Å²) in [6, 6.07) is 9.10. The van der Waals surface area contributed by atoms with Crippen LogP contribution < -0.4 is 15.3 Å². The lowest BCUT2D eigenvalue weighted by atomic mass is 9.92. The topological polar surface area (TPSA) is 74.1 Å². The van der Waals surface area contributed by atoms with E-state index >= 15 is 0 Å². The van der Waals surface area contributed by atoms with E-state index in [0.717, 1.165) is 25.9 Å². The normalized spacial score (nSPS) is 15.0. The standard InChI is InChI=1S/C20H31N3O3/c1-3-12-20(26,13-4-2)19(25)21-23(17-10-6-5-7-11-17)18(24)16-22-14-8-9-15-22/h5-7,10-11,26H,3-4,8-9,12-16H2,1-2H3,(H,21,25)/p+1. The van der Waals surface area contributed by atoms with Crippen LogP contribution in [-0.4, -0.2) is 42.2 Å². The van der Waals surface area contributed by atoms with Crippen LogP contribution in [0, 0.1) is 0 Å². The van der Waals surface area contributed by atoms with Crippen molar-refractivity contribution in [1.29, 1.82) is 0 Å². The maximum absolute atomic E-state index is 12.9. The van der Waals surface area contributed by atoms with Gasteiger partial charge in [-0.1, -0.05) is 44.9 Å². The molecule has 0 bridgehead atoms. The Balaban J connectivity index is 2.17. The predicted octanol–water partition coefficient (Wildman–Crippen LogP) is 1.06. The minimum absolute atomic E-state index is 0.156. The van der Waals surface area contributed by atoms with Gasteiger partial charge in [-0.25, -0.2) is 5.01 Å². The lowest BCUT2D eigenvalue weighted by molar-refractivity contribution is -0.878. The second-order valence-electron chi connectivity index (χ2n) is 7.17. The van der Waals surface area contributed by atoms with Gasteiger partial charge in [-0.15, -0.1) is 0 Å². The molecular formula is C20H32N3O3+. The number of hydrazine groups is 1. The molecule has 26 heavy (non-hydrogen) atoms. The summed E-state index contributed by atoms with van der Waals surface area (Å²) in [5.74, 6) is -0.661. The van der Waals surface area contributed by atoms with Crippen molar-refractivity contribution >= 4 is 17.5 Å². The highest BCUT2D eigenvalue weighted by Crippen LogP contribution is 2.21. The van der Waals surface area contributed by atoms with E-state index in [9.17, 15) is 14.7 Å². The first-order valence-electron chi connectivity index (χ1n) is 9.75. The molecule has 6 heteroatoms. The highest BCUT2D eigenvalue weighted by atomic mass is 16.3. The molecule has 0 aromatic heterocycles. The van der Waals surface area contributed by atoms with E-state index in [1.165, 1.54) is 9.91 Å². The average molecular weight is 362 g/mol. The highest BCUT2D eigenvalue weighted by molar-refractivity contribution is 5.98. The van der Waals surface area contributed by atoms with E-state index in [1.54, 1.807) is 12.1 Å². The van der Waals surface area contributed by atoms with Gasteiger partial charge in [0.15, 0.2) is 6.54 Å². The fraction of sp³-hybridized carbons (Fsp3) is 0.600. The van der Waals surface area contributed by atoms with Crippen LogP contribution in [-0.2, 0) is 9.59 Å². The maximum atomic E-state index is 12.9. The van der Waals surface area contributed by atoms with Gasteiger partial charge in [0.25, 0.3) is 5.91 Å². The van der Waals surface area contributed by atoms with Gasteiger partial charge in [-0.3, -0.25) is 15.0 Å². The zero-order valence-electron chi connectivity index (χ0n) is 16.0. The molecule has 1 fully saturated rings. The van der Waals surface area contributed by atoms with Crippen LogP contribution in [0.3, 0.4) is 0 Å². The molecule has 0 radical (unpaired) electrons. The lowest BCUT2D eigenvalue weighted by Crippen LogP contribution is -3.11. The number of hydrogen-bond acceptors (Lipinski definition) is 3. The first-order valence-corrected chi connectivity index (χ1v) is 9.75. The monoisotopic (exact) mass is 362 g/mol. The first kappa shape index (κ1) is 20.4. The molecular weight excluding hydrogens is 330 g/mol. The number of benzene rings is 1. The number of anilines is 1. The molecule has 1 aromatic carbocycles. The first-order chi connectivity index (χ1) is 12.5. The SMILES string of the molecule is CCCC(O)(CCC)C(=O)NN(C(=O)C[NH+]1CCCC1)c1ccccc1. The van der Waals surface area contributed by atoms with E-state index in [4.69, 9.17) is 0 Å². The molecule has 0 unspecified atom stereocenters. The summed E-state index contributed by atoms with van der Waals surface area (Å²) < 4.78 is 0. The third-order valence-corrected chi connectivity index (χ3v) is 4.94. The number of hydrogen-bond donors (Lipinski definition) is 3. The predicted molar refractivity (Wildman–Crippen MR) is 102 cm³/mol. The van der Waals surface area contributed by atoms with Crippen LogP contribution in [0.25, 0.3) is 0 Å². The molecule has 3 N–H and O–H groups in total. The summed E-state index contributed by atoms with van der Waals surface area (Å²) in [5.41, 5.74) is 1.86. The quantitative estimate of drug-likeness (QED) is 0.606. The number of aliphatic hydroxyl groups is 1. The Morgan fingerprint density at radius 1 is 1.12 bits per heavy atom. The maximum Gasteiger partial charge on any atom is 0.300 e. The van der Waals surface area contributed by atoms with Gasteiger partial charge in [-0.05, 0) is 25.0 Å². The van der Waals surface area contributed by atoms with Crippen LogP contribution in [0.2, 0.25) is 0 Å².